The Morgan fingerprint density at radius 3 is 2.69 bits per heavy atom. The van der Waals surface area contributed by atoms with Crippen LogP contribution in [0.3, 0.4) is 0 Å². The fourth-order valence-corrected chi connectivity index (χ4v) is 4.94. The molecule has 3 heterocycles. The molecule has 0 radical (unpaired) electrons. The van der Waals surface area contributed by atoms with E-state index in [1.807, 2.05) is 12.1 Å². The molecule has 0 bridgehead atoms. The highest BCUT2D eigenvalue weighted by Gasteiger charge is 2.38. The van der Waals surface area contributed by atoms with Crippen molar-refractivity contribution in [2.45, 2.75) is 25.7 Å². The normalized spacial score (nSPS) is 24.9. The SMILES string of the molecule is COc1cc(-c2n[nH]c3cc(C)c(C4CC5CNC[C@H]5C4)cc23)ccn1. The summed E-state index contributed by atoms with van der Waals surface area (Å²) in [4.78, 5) is 4.21. The molecule has 26 heavy (non-hydrogen) atoms. The largest absolute Gasteiger partial charge is 0.481 e. The second-order valence-electron chi connectivity index (χ2n) is 7.76. The lowest BCUT2D eigenvalue weighted by Gasteiger charge is -2.15. The smallest absolute Gasteiger partial charge is 0.213 e. The first-order chi connectivity index (χ1) is 12.7. The molecule has 2 N–H and O–H groups in total. The number of hydrogen-bond acceptors (Lipinski definition) is 4. The second-order valence-corrected chi connectivity index (χ2v) is 7.76. The van der Waals surface area contributed by atoms with E-state index in [0.29, 0.717) is 11.8 Å². The highest BCUT2D eigenvalue weighted by Crippen LogP contribution is 2.45. The molecule has 3 atom stereocenters. The van der Waals surface area contributed by atoms with Gasteiger partial charge in [0.25, 0.3) is 0 Å². The molecule has 1 aliphatic carbocycles. The van der Waals surface area contributed by atoms with Crippen molar-refractivity contribution < 1.29 is 4.74 Å². The average molecular weight is 348 g/mol. The predicted octanol–water partition coefficient (Wildman–Crippen LogP) is 3.65. The zero-order chi connectivity index (χ0) is 17.7. The predicted molar refractivity (Wildman–Crippen MR) is 102 cm³/mol. The third kappa shape index (κ3) is 2.50. The van der Waals surface area contributed by atoms with Gasteiger partial charge in [0.05, 0.1) is 12.6 Å². The molecular weight excluding hydrogens is 324 g/mol. The van der Waals surface area contributed by atoms with Gasteiger partial charge in [-0.25, -0.2) is 4.98 Å². The average Bonchev–Trinajstić information content (AvgIpc) is 3.35. The monoisotopic (exact) mass is 348 g/mol. The lowest BCUT2D eigenvalue weighted by Crippen LogP contribution is -2.11. The van der Waals surface area contributed by atoms with Crippen LogP contribution in [0.4, 0.5) is 0 Å². The summed E-state index contributed by atoms with van der Waals surface area (Å²) in [6.45, 7) is 4.61. The summed E-state index contributed by atoms with van der Waals surface area (Å²) >= 11 is 0. The van der Waals surface area contributed by atoms with Crippen LogP contribution in [0.25, 0.3) is 22.2 Å². The summed E-state index contributed by atoms with van der Waals surface area (Å²) in [6, 6.07) is 8.56. The number of aromatic amines is 1. The summed E-state index contributed by atoms with van der Waals surface area (Å²) in [7, 11) is 1.64. The molecule has 2 aliphatic rings. The van der Waals surface area contributed by atoms with E-state index in [0.717, 1.165) is 28.6 Å². The molecule has 3 aromatic rings. The Morgan fingerprint density at radius 1 is 1.12 bits per heavy atom. The summed E-state index contributed by atoms with van der Waals surface area (Å²) in [5.74, 6) is 2.99. The van der Waals surface area contributed by atoms with Gasteiger partial charge in [-0.15, -0.1) is 0 Å². The van der Waals surface area contributed by atoms with Gasteiger partial charge in [0.1, 0.15) is 5.69 Å². The second kappa shape index (κ2) is 6.09. The van der Waals surface area contributed by atoms with Gasteiger partial charge >= 0.3 is 0 Å². The Bertz CT molecular complexity index is 952. The van der Waals surface area contributed by atoms with Crippen molar-refractivity contribution >= 4 is 10.9 Å². The van der Waals surface area contributed by atoms with Crippen molar-refractivity contribution in [3.63, 3.8) is 0 Å². The van der Waals surface area contributed by atoms with E-state index in [1.165, 1.54) is 42.4 Å². The molecule has 2 unspecified atom stereocenters. The molecule has 0 spiro atoms. The molecule has 2 aromatic heterocycles. The zero-order valence-electron chi connectivity index (χ0n) is 15.2. The first-order valence-corrected chi connectivity index (χ1v) is 9.42. The quantitative estimate of drug-likeness (QED) is 0.758. The number of pyridine rings is 1. The number of ether oxygens (including phenoxy) is 1. The first kappa shape index (κ1) is 15.8. The number of fused-ring (bicyclic) bond motifs is 2. The van der Waals surface area contributed by atoms with Gasteiger partial charge in [-0.1, -0.05) is 0 Å². The summed E-state index contributed by atoms with van der Waals surface area (Å²) in [5.41, 5.74) is 5.97. The van der Waals surface area contributed by atoms with Crippen molar-refractivity contribution in [3.05, 3.63) is 41.6 Å². The molecule has 134 valence electrons. The lowest BCUT2D eigenvalue weighted by atomic mass is 9.90. The van der Waals surface area contributed by atoms with E-state index in [2.05, 4.69) is 39.6 Å². The van der Waals surface area contributed by atoms with Crippen molar-refractivity contribution in [1.29, 1.82) is 0 Å². The molecule has 5 nitrogen and oxygen atoms in total. The molecule has 0 amide bonds. The van der Waals surface area contributed by atoms with Crippen LogP contribution < -0.4 is 10.1 Å². The van der Waals surface area contributed by atoms with Crippen LogP contribution in [0.5, 0.6) is 5.88 Å². The molecule has 5 heteroatoms. The minimum Gasteiger partial charge on any atom is -0.481 e. The van der Waals surface area contributed by atoms with Gasteiger partial charge in [-0.2, -0.15) is 5.10 Å². The van der Waals surface area contributed by atoms with Crippen molar-refractivity contribution in [2.75, 3.05) is 20.2 Å². The number of H-pyrrole nitrogens is 1. The topological polar surface area (TPSA) is 62.8 Å². The van der Waals surface area contributed by atoms with Crippen LogP contribution in [-0.2, 0) is 0 Å². The van der Waals surface area contributed by atoms with Gasteiger partial charge in [0.2, 0.25) is 5.88 Å². The van der Waals surface area contributed by atoms with Crippen LogP contribution in [0.15, 0.2) is 30.5 Å². The Morgan fingerprint density at radius 2 is 1.92 bits per heavy atom. The highest BCUT2D eigenvalue weighted by molar-refractivity contribution is 5.94. The van der Waals surface area contributed by atoms with Gasteiger partial charge in [-0.05, 0) is 79.9 Å². The van der Waals surface area contributed by atoms with Crippen molar-refractivity contribution in [2.24, 2.45) is 11.8 Å². The number of aromatic nitrogens is 3. The minimum absolute atomic E-state index is 0.613. The fourth-order valence-electron chi connectivity index (χ4n) is 4.94. The Balaban J connectivity index is 1.57. The maximum Gasteiger partial charge on any atom is 0.213 e. The van der Waals surface area contributed by atoms with Gasteiger partial charge < -0.3 is 10.1 Å². The number of methoxy groups -OCH3 is 1. The molecule has 1 saturated heterocycles. The van der Waals surface area contributed by atoms with Gasteiger partial charge in [0, 0.05) is 23.2 Å². The summed E-state index contributed by atoms with van der Waals surface area (Å²) in [5, 5.41) is 12.5. The maximum absolute atomic E-state index is 5.28. The number of hydrogen-bond donors (Lipinski definition) is 2. The summed E-state index contributed by atoms with van der Waals surface area (Å²) in [6.07, 6.45) is 4.38. The number of nitrogens with one attached hydrogen (secondary N) is 2. The van der Waals surface area contributed by atoms with Crippen LogP contribution in [0.1, 0.15) is 29.9 Å². The van der Waals surface area contributed by atoms with E-state index in [-0.39, 0.29) is 0 Å². The van der Waals surface area contributed by atoms with Crippen molar-refractivity contribution in [1.82, 2.24) is 20.5 Å². The third-order valence-electron chi connectivity index (χ3n) is 6.26. The van der Waals surface area contributed by atoms with Crippen LogP contribution >= 0.6 is 0 Å². The van der Waals surface area contributed by atoms with E-state index < -0.39 is 0 Å². The number of nitrogens with zero attached hydrogens (tertiary/aromatic N) is 2. The van der Waals surface area contributed by atoms with E-state index >= 15 is 0 Å². The molecule has 5 rings (SSSR count). The zero-order valence-corrected chi connectivity index (χ0v) is 15.2. The summed E-state index contributed by atoms with van der Waals surface area (Å²) < 4.78 is 5.28. The fraction of sp³-hybridized carbons (Fsp3) is 0.429. The third-order valence-corrected chi connectivity index (χ3v) is 6.26. The van der Waals surface area contributed by atoms with Crippen LogP contribution in [0, 0.1) is 18.8 Å². The molecule has 1 saturated carbocycles. The number of benzene rings is 1. The highest BCUT2D eigenvalue weighted by atomic mass is 16.5. The van der Waals surface area contributed by atoms with E-state index in [1.54, 1.807) is 13.3 Å². The van der Waals surface area contributed by atoms with Gasteiger partial charge in [0.15, 0.2) is 0 Å². The number of rotatable bonds is 3. The Labute approximate surface area is 153 Å². The van der Waals surface area contributed by atoms with E-state index in [9.17, 15) is 0 Å². The molecule has 1 aliphatic heterocycles. The van der Waals surface area contributed by atoms with E-state index in [4.69, 9.17) is 4.74 Å². The van der Waals surface area contributed by atoms with Crippen molar-refractivity contribution in [3.8, 4) is 17.1 Å². The maximum atomic E-state index is 5.28. The Kier molecular flexibility index (Phi) is 3.71. The molecule has 2 fully saturated rings. The number of aryl methyl sites for hydroxylation is 1. The van der Waals surface area contributed by atoms with Crippen LogP contribution in [0.2, 0.25) is 0 Å². The Hall–Kier alpha value is -2.40. The lowest BCUT2D eigenvalue weighted by molar-refractivity contribution is 0.398. The standard InChI is InChI=1S/C21H24N4O/c1-12-5-19-18(9-17(12)14-6-15-10-22-11-16(15)7-14)21(25-24-19)13-3-4-23-20(8-13)26-2/h3-5,8-9,14-16,22H,6-7,10-11H2,1-2H3,(H,24,25)/t14?,15-,16?/m1/s1. The molecule has 1 aromatic carbocycles. The minimum atomic E-state index is 0.613. The van der Waals surface area contributed by atoms with Crippen LogP contribution in [-0.4, -0.2) is 35.4 Å². The first-order valence-electron chi connectivity index (χ1n) is 9.42. The van der Waals surface area contributed by atoms with Gasteiger partial charge in [-0.3, -0.25) is 5.10 Å². The molecular formula is C21H24N4O.